The Balaban J connectivity index is 2.61. The van der Waals surface area contributed by atoms with Crippen LogP contribution in [0, 0.1) is 0 Å². The van der Waals surface area contributed by atoms with Crippen molar-refractivity contribution >= 4 is 16.6 Å². The summed E-state index contributed by atoms with van der Waals surface area (Å²) in [6, 6.07) is 9.46. The number of pyridine rings is 1. The van der Waals surface area contributed by atoms with Gasteiger partial charge in [0.25, 0.3) is 5.56 Å². The van der Waals surface area contributed by atoms with Crippen LogP contribution in [0.15, 0.2) is 35.1 Å². The Kier molecular flexibility index (Phi) is 3.39. The molecule has 0 aliphatic heterocycles. The topological polar surface area (TPSA) is 51.3 Å². The van der Waals surface area contributed by atoms with Gasteiger partial charge in [0.2, 0.25) is 0 Å². The van der Waals surface area contributed by atoms with E-state index in [0.29, 0.717) is 5.82 Å². The van der Waals surface area contributed by atoms with Crippen molar-refractivity contribution in [2.24, 2.45) is 0 Å². The molecule has 1 aromatic heterocycles. The number of likely N-dealkylation sites (N-methyl/N-ethyl adjacent to an activating group) is 1. The Morgan fingerprint density at radius 1 is 1.33 bits per heavy atom. The SMILES string of the molecule is CC(CN(C)C)n1c(N)cc2ccccc2c1=O. The summed E-state index contributed by atoms with van der Waals surface area (Å²) >= 11 is 0. The predicted octanol–water partition coefficient (Wildman–Crippen LogP) is 1.71. The van der Waals surface area contributed by atoms with Crippen molar-refractivity contribution in [3.05, 3.63) is 40.7 Å². The molecular formula is C14H19N3O. The summed E-state index contributed by atoms with van der Waals surface area (Å²) in [6.07, 6.45) is 0. The molecule has 0 aliphatic rings. The molecule has 2 N–H and O–H groups in total. The number of hydrogen-bond donors (Lipinski definition) is 1. The summed E-state index contributed by atoms with van der Waals surface area (Å²) in [5, 5.41) is 1.62. The highest BCUT2D eigenvalue weighted by Gasteiger charge is 2.13. The highest BCUT2D eigenvalue weighted by molar-refractivity contribution is 5.83. The van der Waals surface area contributed by atoms with Crippen LogP contribution in [0.25, 0.3) is 10.8 Å². The number of rotatable bonds is 3. The van der Waals surface area contributed by atoms with Crippen molar-refractivity contribution in [3.8, 4) is 0 Å². The zero-order valence-corrected chi connectivity index (χ0v) is 11.1. The van der Waals surface area contributed by atoms with Crippen molar-refractivity contribution in [1.29, 1.82) is 0 Å². The molecule has 0 fully saturated rings. The van der Waals surface area contributed by atoms with Crippen LogP contribution in [0.4, 0.5) is 5.82 Å². The van der Waals surface area contributed by atoms with Crippen molar-refractivity contribution in [1.82, 2.24) is 9.47 Å². The van der Waals surface area contributed by atoms with Gasteiger partial charge in [-0.3, -0.25) is 9.36 Å². The molecule has 1 atom stereocenters. The van der Waals surface area contributed by atoms with Crippen LogP contribution >= 0.6 is 0 Å². The quantitative estimate of drug-likeness (QED) is 0.895. The minimum atomic E-state index is -0.0139. The number of nitrogens with zero attached hydrogens (tertiary/aromatic N) is 2. The maximum absolute atomic E-state index is 12.4. The average Bonchev–Trinajstić information content (AvgIpc) is 2.27. The van der Waals surface area contributed by atoms with Crippen molar-refractivity contribution in [2.75, 3.05) is 26.4 Å². The van der Waals surface area contributed by atoms with E-state index in [4.69, 9.17) is 5.73 Å². The van der Waals surface area contributed by atoms with E-state index in [2.05, 4.69) is 0 Å². The van der Waals surface area contributed by atoms with Crippen molar-refractivity contribution < 1.29 is 0 Å². The molecule has 0 radical (unpaired) electrons. The Hall–Kier alpha value is -1.81. The second-order valence-electron chi connectivity index (χ2n) is 4.94. The zero-order chi connectivity index (χ0) is 13.3. The third-order valence-corrected chi connectivity index (χ3v) is 3.06. The fourth-order valence-electron chi connectivity index (χ4n) is 2.36. The first-order valence-corrected chi connectivity index (χ1v) is 6.05. The fraction of sp³-hybridized carbons (Fsp3) is 0.357. The second-order valence-corrected chi connectivity index (χ2v) is 4.94. The molecule has 0 bridgehead atoms. The summed E-state index contributed by atoms with van der Waals surface area (Å²) in [5.41, 5.74) is 5.99. The van der Waals surface area contributed by atoms with E-state index in [0.717, 1.165) is 17.3 Å². The number of aromatic nitrogens is 1. The average molecular weight is 245 g/mol. The number of nitrogen functional groups attached to an aromatic ring is 1. The van der Waals surface area contributed by atoms with Crippen LogP contribution in [-0.4, -0.2) is 30.1 Å². The van der Waals surface area contributed by atoms with Gasteiger partial charge in [-0.25, -0.2) is 0 Å². The Morgan fingerprint density at radius 2 is 2.00 bits per heavy atom. The first-order chi connectivity index (χ1) is 8.50. The molecule has 0 amide bonds. The lowest BCUT2D eigenvalue weighted by Gasteiger charge is -2.21. The summed E-state index contributed by atoms with van der Waals surface area (Å²) < 4.78 is 1.67. The van der Waals surface area contributed by atoms with E-state index in [9.17, 15) is 4.79 Å². The molecule has 18 heavy (non-hydrogen) atoms. The largest absolute Gasteiger partial charge is 0.385 e. The van der Waals surface area contributed by atoms with Gasteiger partial charge in [0.1, 0.15) is 5.82 Å². The number of benzene rings is 1. The summed E-state index contributed by atoms with van der Waals surface area (Å²) in [4.78, 5) is 14.5. The van der Waals surface area contributed by atoms with Crippen LogP contribution in [0.3, 0.4) is 0 Å². The van der Waals surface area contributed by atoms with Crippen LogP contribution in [0.1, 0.15) is 13.0 Å². The van der Waals surface area contributed by atoms with Crippen LogP contribution in [0.2, 0.25) is 0 Å². The van der Waals surface area contributed by atoms with Crippen molar-refractivity contribution in [2.45, 2.75) is 13.0 Å². The smallest absolute Gasteiger partial charge is 0.260 e. The predicted molar refractivity (Wildman–Crippen MR) is 75.9 cm³/mol. The van der Waals surface area contributed by atoms with E-state index in [-0.39, 0.29) is 11.6 Å². The highest BCUT2D eigenvalue weighted by atomic mass is 16.1. The summed E-state index contributed by atoms with van der Waals surface area (Å²) in [6.45, 7) is 2.79. The fourth-order valence-corrected chi connectivity index (χ4v) is 2.36. The van der Waals surface area contributed by atoms with Crippen LogP contribution in [0.5, 0.6) is 0 Å². The molecule has 4 heteroatoms. The van der Waals surface area contributed by atoms with Crippen LogP contribution < -0.4 is 11.3 Å². The lowest BCUT2D eigenvalue weighted by atomic mass is 10.1. The molecule has 96 valence electrons. The van der Waals surface area contributed by atoms with Gasteiger partial charge >= 0.3 is 0 Å². The standard InChI is InChI=1S/C14H19N3O/c1-10(9-16(2)3)17-13(15)8-11-6-4-5-7-12(11)14(17)18/h4-8,10H,9,15H2,1-3H3. The number of hydrogen-bond acceptors (Lipinski definition) is 3. The molecule has 2 aromatic rings. The van der Waals surface area contributed by atoms with Gasteiger partial charge in [-0.15, -0.1) is 0 Å². The molecule has 0 aliphatic carbocycles. The molecule has 2 rings (SSSR count). The first-order valence-electron chi connectivity index (χ1n) is 6.05. The normalized spacial score (nSPS) is 13.1. The van der Waals surface area contributed by atoms with Gasteiger partial charge in [-0.05, 0) is 38.5 Å². The minimum Gasteiger partial charge on any atom is -0.385 e. The molecular weight excluding hydrogens is 226 g/mol. The molecule has 1 aromatic carbocycles. The summed E-state index contributed by atoms with van der Waals surface area (Å²) in [7, 11) is 3.97. The molecule has 0 saturated carbocycles. The van der Waals surface area contributed by atoms with Gasteiger partial charge in [-0.2, -0.15) is 0 Å². The van der Waals surface area contributed by atoms with E-state index in [1.165, 1.54) is 0 Å². The Bertz CT molecular complexity index is 616. The highest BCUT2D eigenvalue weighted by Crippen LogP contribution is 2.17. The van der Waals surface area contributed by atoms with Gasteiger partial charge in [-0.1, -0.05) is 18.2 Å². The maximum Gasteiger partial charge on any atom is 0.260 e. The van der Waals surface area contributed by atoms with E-state index in [1.54, 1.807) is 4.57 Å². The summed E-state index contributed by atoms with van der Waals surface area (Å²) in [5.74, 6) is 0.521. The second kappa shape index (κ2) is 4.82. The molecule has 1 unspecified atom stereocenters. The first kappa shape index (κ1) is 12.6. The molecule has 4 nitrogen and oxygen atoms in total. The van der Waals surface area contributed by atoms with Crippen LogP contribution in [-0.2, 0) is 0 Å². The third kappa shape index (κ3) is 2.24. The number of nitrogens with two attached hydrogens (primary N) is 1. The Morgan fingerprint density at radius 3 is 2.67 bits per heavy atom. The minimum absolute atomic E-state index is 0.0139. The van der Waals surface area contributed by atoms with Crippen molar-refractivity contribution in [3.63, 3.8) is 0 Å². The van der Waals surface area contributed by atoms with Gasteiger partial charge in [0, 0.05) is 18.0 Å². The van der Waals surface area contributed by atoms with Gasteiger partial charge in [0.05, 0.1) is 0 Å². The van der Waals surface area contributed by atoms with E-state index >= 15 is 0 Å². The third-order valence-electron chi connectivity index (χ3n) is 3.06. The lowest BCUT2D eigenvalue weighted by molar-refractivity contribution is 0.335. The van der Waals surface area contributed by atoms with Gasteiger partial charge in [0.15, 0.2) is 0 Å². The maximum atomic E-state index is 12.4. The monoisotopic (exact) mass is 245 g/mol. The molecule has 1 heterocycles. The molecule has 0 saturated heterocycles. The number of anilines is 1. The van der Waals surface area contributed by atoms with E-state index < -0.39 is 0 Å². The zero-order valence-electron chi connectivity index (χ0n) is 11.1. The Labute approximate surface area is 107 Å². The number of fused-ring (bicyclic) bond motifs is 1. The lowest BCUT2D eigenvalue weighted by Crippen LogP contribution is -2.31. The van der Waals surface area contributed by atoms with Gasteiger partial charge < -0.3 is 10.6 Å². The molecule has 0 spiro atoms. The van der Waals surface area contributed by atoms with E-state index in [1.807, 2.05) is 56.3 Å².